The third kappa shape index (κ3) is 2.38. The van der Waals surface area contributed by atoms with Crippen molar-refractivity contribution in [2.24, 2.45) is 5.41 Å². The molecule has 134 valence electrons. The normalized spacial score (nSPS) is 22.2. The number of carboxylic acid groups (broad SMARTS) is 1. The number of nitrogens with one attached hydrogen (secondary N) is 1. The maximum atomic E-state index is 12.3. The zero-order valence-corrected chi connectivity index (χ0v) is 14.8. The summed E-state index contributed by atoms with van der Waals surface area (Å²) in [5, 5.41) is 12.0. The number of carbonyl (C=O) groups excluding carboxylic acids is 1. The Morgan fingerprint density at radius 1 is 1.08 bits per heavy atom. The first-order valence-electron chi connectivity index (χ1n) is 8.72. The van der Waals surface area contributed by atoms with Crippen LogP contribution >= 0.6 is 0 Å². The molecule has 26 heavy (non-hydrogen) atoms. The van der Waals surface area contributed by atoms with E-state index in [0.717, 1.165) is 22.3 Å². The van der Waals surface area contributed by atoms with Crippen LogP contribution in [0.3, 0.4) is 0 Å². The maximum absolute atomic E-state index is 12.3. The lowest BCUT2D eigenvalue weighted by atomic mass is 9.98. The van der Waals surface area contributed by atoms with Crippen LogP contribution in [0.5, 0.6) is 0 Å². The molecule has 1 fully saturated rings. The van der Waals surface area contributed by atoms with Crippen molar-refractivity contribution in [2.75, 3.05) is 6.61 Å². The summed E-state index contributed by atoms with van der Waals surface area (Å²) in [5.74, 6) is -1.06. The van der Waals surface area contributed by atoms with Crippen LogP contribution in [0, 0.1) is 5.41 Å². The molecule has 0 radical (unpaired) electrons. The second-order valence-electron chi connectivity index (χ2n) is 7.72. The van der Waals surface area contributed by atoms with E-state index in [-0.39, 0.29) is 12.5 Å². The molecule has 2 aromatic carbocycles. The van der Waals surface area contributed by atoms with E-state index in [9.17, 15) is 14.7 Å². The molecule has 0 aliphatic heterocycles. The Bertz CT molecular complexity index is 859. The molecular weight excluding hydrogens is 330 g/mol. The highest BCUT2D eigenvalue weighted by atomic mass is 16.5. The molecular formula is C21H21NO4. The summed E-state index contributed by atoms with van der Waals surface area (Å²) in [6.07, 6.45) is -0.278. The van der Waals surface area contributed by atoms with Gasteiger partial charge >= 0.3 is 12.1 Å². The molecule has 1 unspecified atom stereocenters. The van der Waals surface area contributed by atoms with E-state index in [2.05, 4.69) is 17.4 Å². The summed E-state index contributed by atoms with van der Waals surface area (Å²) < 4.78 is 5.45. The Labute approximate surface area is 152 Å². The van der Waals surface area contributed by atoms with Crippen molar-refractivity contribution >= 4 is 12.1 Å². The molecule has 0 saturated heterocycles. The Balaban J connectivity index is 1.50. The van der Waals surface area contributed by atoms with Crippen molar-refractivity contribution in [3.8, 4) is 11.1 Å². The second-order valence-corrected chi connectivity index (χ2v) is 7.72. The van der Waals surface area contributed by atoms with Gasteiger partial charge in [0.2, 0.25) is 0 Å². The van der Waals surface area contributed by atoms with Crippen LogP contribution in [0.4, 0.5) is 4.79 Å². The number of aliphatic carboxylic acids is 1. The second kappa shape index (κ2) is 5.59. The number of fused-ring (bicyclic) bond motifs is 3. The fraction of sp³-hybridized carbons (Fsp3) is 0.333. The molecule has 0 heterocycles. The summed E-state index contributed by atoms with van der Waals surface area (Å²) in [7, 11) is 0. The molecule has 4 rings (SSSR count). The maximum Gasteiger partial charge on any atom is 0.408 e. The lowest BCUT2D eigenvalue weighted by Gasteiger charge is -2.19. The minimum absolute atomic E-state index is 0.0406. The predicted octanol–water partition coefficient (Wildman–Crippen LogP) is 3.78. The number of ether oxygens (including phenoxy) is 1. The minimum Gasteiger partial charge on any atom is -0.479 e. The van der Waals surface area contributed by atoms with Crippen LogP contribution in [-0.4, -0.2) is 29.3 Å². The standard InChI is InChI=1S/C21H21NO4/c1-20(2)12-21(20,18(23)24)22-19(25)26-11-17-15-9-5-3-7-13(15)14-8-4-6-10-16(14)17/h3-10,17H,11-12H2,1-2H3,(H,22,25)(H,23,24). The number of amides is 1. The summed E-state index contributed by atoms with van der Waals surface area (Å²) in [4.78, 5) is 23.8. The van der Waals surface area contributed by atoms with Gasteiger partial charge in [0.15, 0.2) is 0 Å². The first kappa shape index (κ1) is 16.6. The number of hydrogen-bond acceptors (Lipinski definition) is 3. The van der Waals surface area contributed by atoms with E-state index >= 15 is 0 Å². The molecule has 0 aromatic heterocycles. The van der Waals surface area contributed by atoms with Gasteiger partial charge in [0.1, 0.15) is 12.1 Å². The monoisotopic (exact) mass is 351 g/mol. The van der Waals surface area contributed by atoms with Gasteiger partial charge in [0.05, 0.1) is 0 Å². The number of carbonyl (C=O) groups is 2. The van der Waals surface area contributed by atoms with Gasteiger partial charge < -0.3 is 15.2 Å². The average molecular weight is 351 g/mol. The van der Waals surface area contributed by atoms with Gasteiger partial charge in [0.25, 0.3) is 0 Å². The minimum atomic E-state index is -1.23. The Hall–Kier alpha value is -2.82. The highest BCUT2D eigenvalue weighted by molar-refractivity contribution is 5.89. The highest BCUT2D eigenvalue weighted by Gasteiger charge is 2.68. The van der Waals surface area contributed by atoms with Crippen LogP contribution in [0.1, 0.15) is 37.3 Å². The number of alkyl carbamates (subject to hydrolysis) is 1. The van der Waals surface area contributed by atoms with Gasteiger partial charge in [-0.25, -0.2) is 9.59 Å². The molecule has 0 spiro atoms. The molecule has 1 amide bonds. The number of carboxylic acids is 1. The fourth-order valence-electron chi connectivity index (χ4n) is 4.06. The molecule has 2 N–H and O–H groups in total. The van der Waals surface area contributed by atoms with Gasteiger partial charge in [-0.1, -0.05) is 62.4 Å². The van der Waals surface area contributed by atoms with Crippen LogP contribution < -0.4 is 5.32 Å². The molecule has 2 aliphatic rings. The first-order chi connectivity index (χ1) is 12.4. The number of benzene rings is 2. The van der Waals surface area contributed by atoms with Crippen LogP contribution in [-0.2, 0) is 9.53 Å². The molecule has 5 nitrogen and oxygen atoms in total. The topological polar surface area (TPSA) is 75.6 Å². The fourth-order valence-corrected chi connectivity index (χ4v) is 4.06. The summed E-state index contributed by atoms with van der Waals surface area (Å²) >= 11 is 0. The lowest BCUT2D eigenvalue weighted by molar-refractivity contribution is -0.141. The van der Waals surface area contributed by atoms with Gasteiger partial charge in [-0.3, -0.25) is 0 Å². The van der Waals surface area contributed by atoms with E-state index in [1.54, 1.807) is 0 Å². The predicted molar refractivity (Wildman–Crippen MR) is 97.0 cm³/mol. The quantitative estimate of drug-likeness (QED) is 0.879. The first-order valence-corrected chi connectivity index (χ1v) is 8.72. The zero-order chi connectivity index (χ0) is 18.5. The molecule has 5 heteroatoms. The van der Waals surface area contributed by atoms with E-state index in [4.69, 9.17) is 4.74 Å². The van der Waals surface area contributed by atoms with Gasteiger partial charge in [-0.2, -0.15) is 0 Å². The van der Waals surface area contributed by atoms with Crippen molar-refractivity contribution in [2.45, 2.75) is 31.7 Å². The van der Waals surface area contributed by atoms with Gasteiger partial charge in [-0.15, -0.1) is 0 Å². The third-order valence-corrected chi connectivity index (χ3v) is 5.76. The van der Waals surface area contributed by atoms with Crippen molar-refractivity contribution in [1.29, 1.82) is 0 Å². The van der Waals surface area contributed by atoms with E-state index in [0.29, 0.717) is 6.42 Å². The van der Waals surface area contributed by atoms with Gasteiger partial charge in [0, 0.05) is 11.3 Å². The lowest BCUT2D eigenvalue weighted by Crippen LogP contribution is -2.47. The van der Waals surface area contributed by atoms with Crippen molar-refractivity contribution in [3.05, 3.63) is 59.7 Å². The van der Waals surface area contributed by atoms with Crippen molar-refractivity contribution in [3.63, 3.8) is 0 Å². The van der Waals surface area contributed by atoms with Gasteiger partial charge in [-0.05, 0) is 28.7 Å². The van der Waals surface area contributed by atoms with E-state index in [1.165, 1.54) is 0 Å². The summed E-state index contributed by atoms with van der Waals surface area (Å²) in [6, 6.07) is 16.2. The smallest absolute Gasteiger partial charge is 0.408 e. The van der Waals surface area contributed by atoms with Crippen LogP contribution in [0.15, 0.2) is 48.5 Å². The third-order valence-electron chi connectivity index (χ3n) is 5.76. The van der Waals surface area contributed by atoms with Crippen LogP contribution in [0.2, 0.25) is 0 Å². The molecule has 0 bridgehead atoms. The highest BCUT2D eigenvalue weighted by Crippen LogP contribution is 2.55. The molecule has 2 aromatic rings. The number of rotatable bonds is 4. The average Bonchev–Trinajstić information content (AvgIpc) is 3.03. The van der Waals surface area contributed by atoms with E-state index in [1.807, 2.05) is 50.2 Å². The van der Waals surface area contributed by atoms with Crippen molar-refractivity contribution in [1.82, 2.24) is 5.32 Å². The molecule has 2 aliphatic carbocycles. The summed E-state index contributed by atoms with van der Waals surface area (Å²) in [6.45, 7) is 3.83. The molecule has 1 atom stereocenters. The molecule has 1 saturated carbocycles. The van der Waals surface area contributed by atoms with E-state index < -0.39 is 23.0 Å². The largest absolute Gasteiger partial charge is 0.479 e. The van der Waals surface area contributed by atoms with Crippen LogP contribution in [0.25, 0.3) is 11.1 Å². The Morgan fingerprint density at radius 3 is 2.04 bits per heavy atom. The zero-order valence-electron chi connectivity index (χ0n) is 14.8. The Morgan fingerprint density at radius 2 is 1.58 bits per heavy atom. The Kier molecular flexibility index (Phi) is 3.58. The van der Waals surface area contributed by atoms with Crippen molar-refractivity contribution < 1.29 is 19.4 Å². The SMILES string of the molecule is CC1(C)CC1(NC(=O)OCC1c2ccccc2-c2ccccc21)C(=O)O. The number of hydrogen-bond donors (Lipinski definition) is 2. The summed E-state index contributed by atoms with van der Waals surface area (Å²) in [5.41, 5.74) is 2.87.